The molecule has 1 atom stereocenters. The molecule has 1 saturated carbocycles. The van der Waals surface area contributed by atoms with Gasteiger partial charge in [0.05, 0.1) is 10.9 Å². The zero-order valence-corrected chi connectivity index (χ0v) is 16.6. The van der Waals surface area contributed by atoms with Gasteiger partial charge in [-0.05, 0) is 32.3 Å². The number of aryl methyl sites for hydroxylation is 1. The zero-order chi connectivity index (χ0) is 18.4. The van der Waals surface area contributed by atoms with Crippen molar-refractivity contribution >= 4 is 17.7 Å². The molecule has 1 aliphatic carbocycles. The van der Waals surface area contributed by atoms with Crippen LogP contribution in [-0.4, -0.2) is 27.2 Å². The number of H-pyrrole nitrogens is 1. The van der Waals surface area contributed by atoms with Crippen LogP contribution in [0, 0.1) is 6.92 Å². The van der Waals surface area contributed by atoms with Crippen LogP contribution in [0.2, 0.25) is 0 Å². The van der Waals surface area contributed by atoms with E-state index < -0.39 is 0 Å². The summed E-state index contributed by atoms with van der Waals surface area (Å²) < 4.78 is 0. The molecular formula is C21H29N3OS. The molecule has 140 valence electrons. The van der Waals surface area contributed by atoms with Gasteiger partial charge in [0.25, 0.3) is 0 Å². The maximum absolute atomic E-state index is 12.5. The molecule has 0 spiro atoms. The molecule has 5 heteroatoms. The monoisotopic (exact) mass is 371 g/mol. The standard InChI is InChI=1S/C21H29N3OS/c1-15-19(14-17-10-6-5-7-11-17)24-21(22-15)26-16(2)20(25)23-18-12-8-3-4-9-13-18/h5-7,10-11,16,18H,3-4,8-9,12-14H2,1-2H3,(H,22,24)(H,23,25)/t16-/m0/s1. The van der Waals surface area contributed by atoms with Crippen LogP contribution in [0.3, 0.4) is 0 Å². The molecule has 0 radical (unpaired) electrons. The van der Waals surface area contributed by atoms with Gasteiger partial charge >= 0.3 is 0 Å². The molecule has 4 nitrogen and oxygen atoms in total. The van der Waals surface area contributed by atoms with Crippen LogP contribution >= 0.6 is 11.8 Å². The van der Waals surface area contributed by atoms with Crippen LogP contribution in [-0.2, 0) is 11.2 Å². The molecule has 0 unspecified atom stereocenters. The van der Waals surface area contributed by atoms with Crippen molar-refractivity contribution in [2.75, 3.05) is 0 Å². The Bertz CT molecular complexity index is 705. The average molecular weight is 372 g/mol. The number of aromatic nitrogens is 2. The summed E-state index contributed by atoms with van der Waals surface area (Å²) in [6.07, 6.45) is 8.10. The van der Waals surface area contributed by atoms with Crippen molar-refractivity contribution in [3.8, 4) is 0 Å². The third-order valence-corrected chi connectivity index (χ3v) is 6.02. The fraction of sp³-hybridized carbons (Fsp3) is 0.524. The summed E-state index contributed by atoms with van der Waals surface area (Å²) in [5.41, 5.74) is 3.38. The lowest BCUT2D eigenvalue weighted by Gasteiger charge is -2.18. The number of hydrogen-bond donors (Lipinski definition) is 2. The first-order valence-electron chi connectivity index (χ1n) is 9.68. The maximum atomic E-state index is 12.5. The highest BCUT2D eigenvalue weighted by molar-refractivity contribution is 8.00. The van der Waals surface area contributed by atoms with Gasteiger partial charge < -0.3 is 10.3 Å². The number of amides is 1. The fourth-order valence-corrected chi connectivity index (χ4v) is 4.33. The van der Waals surface area contributed by atoms with Crippen molar-refractivity contribution in [3.05, 3.63) is 47.3 Å². The highest BCUT2D eigenvalue weighted by Crippen LogP contribution is 2.24. The number of nitrogens with one attached hydrogen (secondary N) is 2. The second kappa shape index (κ2) is 9.26. The van der Waals surface area contributed by atoms with E-state index in [1.165, 1.54) is 43.0 Å². The van der Waals surface area contributed by atoms with E-state index in [0.717, 1.165) is 35.8 Å². The van der Waals surface area contributed by atoms with E-state index in [0.29, 0.717) is 6.04 Å². The summed E-state index contributed by atoms with van der Waals surface area (Å²) >= 11 is 1.51. The van der Waals surface area contributed by atoms with Crippen LogP contribution in [0.1, 0.15) is 62.4 Å². The lowest BCUT2D eigenvalue weighted by molar-refractivity contribution is -0.121. The normalized spacial score (nSPS) is 16.8. The number of rotatable bonds is 6. The first-order valence-corrected chi connectivity index (χ1v) is 10.6. The quantitative estimate of drug-likeness (QED) is 0.575. The number of nitrogens with zero attached hydrogens (tertiary/aromatic N) is 1. The molecule has 0 bridgehead atoms. The topological polar surface area (TPSA) is 57.8 Å². The predicted molar refractivity (Wildman–Crippen MR) is 108 cm³/mol. The van der Waals surface area contributed by atoms with E-state index >= 15 is 0 Å². The SMILES string of the molecule is Cc1[nH]c(S[C@@H](C)C(=O)NC2CCCCCC2)nc1Cc1ccccc1. The van der Waals surface area contributed by atoms with Crippen molar-refractivity contribution in [2.24, 2.45) is 0 Å². The molecule has 0 saturated heterocycles. The van der Waals surface area contributed by atoms with Crippen molar-refractivity contribution < 1.29 is 4.79 Å². The highest BCUT2D eigenvalue weighted by atomic mass is 32.2. The van der Waals surface area contributed by atoms with Crippen LogP contribution in [0.5, 0.6) is 0 Å². The molecule has 2 N–H and O–H groups in total. The number of thioether (sulfide) groups is 1. The summed E-state index contributed by atoms with van der Waals surface area (Å²) in [6.45, 7) is 4.01. The molecule has 1 fully saturated rings. The van der Waals surface area contributed by atoms with Gasteiger partial charge in [-0.25, -0.2) is 4.98 Å². The molecule has 1 aliphatic rings. The molecule has 26 heavy (non-hydrogen) atoms. The Hall–Kier alpha value is -1.75. The minimum absolute atomic E-state index is 0.126. The van der Waals surface area contributed by atoms with Gasteiger partial charge in [0.2, 0.25) is 5.91 Å². The molecule has 1 heterocycles. The summed E-state index contributed by atoms with van der Waals surface area (Å²) in [5, 5.41) is 3.92. The second-order valence-electron chi connectivity index (χ2n) is 7.23. The van der Waals surface area contributed by atoms with Crippen LogP contribution in [0.15, 0.2) is 35.5 Å². The van der Waals surface area contributed by atoms with Crippen LogP contribution in [0.25, 0.3) is 0 Å². The van der Waals surface area contributed by atoms with E-state index in [9.17, 15) is 4.79 Å². The zero-order valence-electron chi connectivity index (χ0n) is 15.8. The van der Waals surface area contributed by atoms with E-state index in [1.54, 1.807) is 0 Å². The van der Waals surface area contributed by atoms with Gasteiger partial charge in [0, 0.05) is 18.2 Å². The summed E-state index contributed by atoms with van der Waals surface area (Å²) in [6, 6.07) is 10.7. The minimum atomic E-state index is -0.145. The van der Waals surface area contributed by atoms with Gasteiger partial charge in [-0.15, -0.1) is 0 Å². The Morgan fingerprint density at radius 3 is 2.62 bits per heavy atom. The van der Waals surface area contributed by atoms with Crippen molar-refractivity contribution in [3.63, 3.8) is 0 Å². The average Bonchev–Trinajstić information content (AvgIpc) is 2.83. The largest absolute Gasteiger partial charge is 0.352 e. The molecular weight excluding hydrogens is 342 g/mol. The lowest BCUT2D eigenvalue weighted by atomic mass is 10.1. The molecule has 0 aliphatic heterocycles. The fourth-order valence-electron chi connectivity index (χ4n) is 3.45. The Kier molecular flexibility index (Phi) is 6.78. The molecule has 1 aromatic carbocycles. The third-order valence-electron chi connectivity index (χ3n) is 5.04. The number of imidazole rings is 1. The molecule has 1 aromatic heterocycles. The summed E-state index contributed by atoms with van der Waals surface area (Å²) in [5.74, 6) is 0.126. The van der Waals surface area contributed by atoms with Gasteiger partial charge in [-0.1, -0.05) is 67.8 Å². The van der Waals surface area contributed by atoms with E-state index in [2.05, 4.69) is 22.4 Å². The van der Waals surface area contributed by atoms with E-state index in [1.807, 2.05) is 32.0 Å². The van der Waals surface area contributed by atoms with Crippen molar-refractivity contribution in [1.82, 2.24) is 15.3 Å². The molecule has 2 aromatic rings. The first-order chi connectivity index (χ1) is 12.6. The Morgan fingerprint density at radius 1 is 1.23 bits per heavy atom. The first kappa shape index (κ1) is 19.0. The molecule has 3 rings (SSSR count). The summed E-state index contributed by atoms with van der Waals surface area (Å²) in [7, 11) is 0. The number of hydrogen-bond acceptors (Lipinski definition) is 3. The second-order valence-corrected chi connectivity index (χ2v) is 8.56. The van der Waals surface area contributed by atoms with Gasteiger partial charge in [0.1, 0.15) is 0 Å². The summed E-state index contributed by atoms with van der Waals surface area (Å²) in [4.78, 5) is 20.6. The van der Waals surface area contributed by atoms with Crippen molar-refractivity contribution in [1.29, 1.82) is 0 Å². The third kappa shape index (κ3) is 5.37. The van der Waals surface area contributed by atoms with E-state index in [4.69, 9.17) is 4.98 Å². The minimum Gasteiger partial charge on any atom is -0.352 e. The van der Waals surface area contributed by atoms with Gasteiger partial charge in [0.15, 0.2) is 5.16 Å². The van der Waals surface area contributed by atoms with Crippen LogP contribution in [0.4, 0.5) is 0 Å². The Morgan fingerprint density at radius 2 is 1.92 bits per heavy atom. The number of aromatic amines is 1. The highest BCUT2D eigenvalue weighted by Gasteiger charge is 2.21. The molecule has 1 amide bonds. The number of carbonyl (C=O) groups excluding carboxylic acids is 1. The number of carbonyl (C=O) groups is 1. The van der Waals surface area contributed by atoms with Crippen molar-refractivity contribution in [2.45, 2.75) is 75.2 Å². The maximum Gasteiger partial charge on any atom is 0.233 e. The van der Waals surface area contributed by atoms with E-state index in [-0.39, 0.29) is 11.2 Å². The smallest absolute Gasteiger partial charge is 0.233 e. The Labute approximate surface area is 160 Å². The predicted octanol–water partition coefficient (Wildman–Crippen LogP) is 4.63. The lowest BCUT2D eigenvalue weighted by Crippen LogP contribution is -2.39. The van der Waals surface area contributed by atoms with Crippen LogP contribution < -0.4 is 5.32 Å². The number of benzene rings is 1. The van der Waals surface area contributed by atoms with Gasteiger partial charge in [-0.2, -0.15) is 0 Å². The van der Waals surface area contributed by atoms with Gasteiger partial charge in [-0.3, -0.25) is 4.79 Å². The Balaban J connectivity index is 1.56.